The van der Waals surface area contributed by atoms with Gasteiger partial charge in [-0.15, -0.1) is 0 Å². The molecule has 4 heteroatoms. The molecule has 0 bridgehead atoms. The van der Waals surface area contributed by atoms with Crippen LogP contribution in [-0.4, -0.2) is 31.3 Å². The Morgan fingerprint density at radius 3 is 2.70 bits per heavy atom. The van der Waals surface area contributed by atoms with Crippen LogP contribution in [0.15, 0.2) is 24.3 Å². The van der Waals surface area contributed by atoms with Crippen molar-refractivity contribution in [1.82, 2.24) is 5.32 Å². The molecule has 1 aliphatic heterocycles. The molecule has 1 aromatic rings. The van der Waals surface area contributed by atoms with Crippen LogP contribution >= 0.6 is 0 Å². The fourth-order valence-corrected chi connectivity index (χ4v) is 3.90. The van der Waals surface area contributed by atoms with E-state index in [2.05, 4.69) is 17.5 Å². The van der Waals surface area contributed by atoms with Crippen molar-refractivity contribution in [3.63, 3.8) is 0 Å². The molecule has 3 N–H and O–H groups in total. The minimum atomic E-state index is 0.225. The van der Waals surface area contributed by atoms with E-state index in [1.54, 1.807) is 0 Å². The Hall–Kier alpha value is -1.41. The van der Waals surface area contributed by atoms with Gasteiger partial charge < -0.3 is 15.8 Å². The summed E-state index contributed by atoms with van der Waals surface area (Å²) in [7, 11) is 0. The molecule has 0 spiro atoms. The summed E-state index contributed by atoms with van der Waals surface area (Å²) in [6.07, 6.45) is 6.97. The molecule has 23 heavy (non-hydrogen) atoms. The number of nitrogens with zero attached hydrogens (tertiary/aromatic N) is 1. The molecule has 4 nitrogen and oxygen atoms in total. The summed E-state index contributed by atoms with van der Waals surface area (Å²) < 4.78 is 6.13. The SMILES string of the molecule is N#Cc1ccccc1[C@H]1CC[C@@H](OC[C@@H]2NCCC[C@@H]2N)CC1. The third-order valence-corrected chi connectivity index (χ3v) is 5.34. The lowest BCUT2D eigenvalue weighted by Gasteiger charge is -2.33. The normalized spacial score (nSPS) is 31.5. The second kappa shape index (κ2) is 7.92. The molecule has 1 heterocycles. The summed E-state index contributed by atoms with van der Waals surface area (Å²) in [5.41, 5.74) is 8.19. The highest BCUT2D eigenvalue weighted by Gasteiger charge is 2.27. The summed E-state index contributed by atoms with van der Waals surface area (Å²) in [4.78, 5) is 0. The van der Waals surface area contributed by atoms with Crippen LogP contribution in [0, 0.1) is 11.3 Å². The monoisotopic (exact) mass is 313 g/mol. The molecular weight excluding hydrogens is 286 g/mol. The fourth-order valence-electron chi connectivity index (χ4n) is 3.90. The number of piperidine rings is 1. The summed E-state index contributed by atoms with van der Waals surface area (Å²) in [6, 6.07) is 10.9. The molecule has 2 atom stereocenters. The first-order valence-corrected chi connectivity index (χ1v) is 8.87. The maximum absolute atomic E-state index is 9.26. The van der Waals surface area contributed by atoms with Gasteiger partial charge in [-0.1, -0.05) is 18.2 Å². The van der Waals surface area contributed by atoms with Crippen molar-refractivity contribution in [1.29, 1.82) is 5.26 Å². The zero-order chi connectivity index (χ0) is 16.1. The van der Waals surface area contributed by atoms with Gasteiger partial charge in [0, 0.05) is 12.1 Å². The van der Waals surface area contributed by atoms with Crippen LogP contribution < -0.4 is 11.1 Å². The molecule has 0 aromatic heterocycles. The number of nitrogens with two attached hydrogens (primary N) is 1. The second-order valence-corrected chi connectivity index (χ2v) is 6.87. The van der Waals surface area contributed by atoms with E-state index in [4.69, 9.17) is 10.5 Å². The van der Waals surface area contributed by atoms with E-state index < -0.39 is 0 Å². The van der Waals surface area contributed by atoms with Gasteiger partial charge in [0.2, 0.25) is 0 Å². The van der Waals surface area contributed by atoms with E-state index in [-0.39, 0.29) is 6.04 Å². The van der Waals surface area contributed by atoms with Crippen molar-refractivity contribution >= 4 is 0 Å². The minimum Gasteiger partial charge on any atom is -0.377 e. The molecule has 1 saturated carbocycles. The summed E-state index contributed by atoms with van der Waals surface area (Å²) in [5, 5.41) is 12.7. The molecule has 1 aliphatic carbocycles. The van der Waals surface area contributed by atoms with Gasteiger partial charge in [-0.3, -0.25) is 0 Å². The van der Waals surface area contributed by atoms with Crippen LogP contribution in [0.2, 0.25) is 0 Å². The molecule has 2 fully saturated rings. The average molecular weight is 313 g/mol. The molecule has 0 unspecified atom stereocenters. The molecule has 0 radical (unpaired) electrons. The first-order chi connectivity index (χ1) is 11.3. The van der Waals surface area contributed by atoms with Gasteiger partial charge in [-0.2, -0.15) is 5.26 Å². The maximum atomic E-state index is 9.26. The number of hydrogen-bond donors (Lipinski definition) is 2. The molecule has 1 saturated heterocycles. The predicted molar refractivity (Wildman–Crippen MR) is 91.1 cm³/mol. The molecule has 3 rings (SSSR count). The standard InChI is InChI=1S/C19H27N3O/c20-12-15-4-1-2-5-17(15)14-7-9-16(10-8-14)23-13-19-18(21)6-3-11-22-19/h1-2,4-5,14,16,18-19,22H,3,6-11,13,21H2/t14-,16+,18-,19-/m0/s1. The van der Waals surface area contributed by atoms with Gasteiger partial charge in [0.15, 0.2) is 0 Å². The number of ether oxygens (including phenoxy) is 1. The van der Waals surface area contributed by atoms with Crippen molar-refractivity contribution in [3.05, 3.63) is 35.4 Å². The first-order valence-electron chi connectivity index (χ1n) is 8.87. The number of rotatable bonds is 4. The Labute approximate surface area is 139 Å². The number of nitriles is 1. The van der Waals surface area contributed by atoms with Crippen molar-refractivity contribution in [2.24, 2.45) is 5.73 Å². The predicted octanol–water partition coefficient (Wildman–Crippen LogP) is 2.68. The minimum absolute atomic E-state index is 0.225. The van der Waals surface area contributed by atoms with Crippen molar-refractivity contribution in [2.75, 3.05) is 13.2 Å². The number of nitrogens with one attached hydrogen (secondary N) is 1. The van der Waals surface area contributed by atoms with E-state index in [1.165, 1.54) is 12.0 Å². The molecular formula is C19H27N3O. The highest BCUT2D eigenvalue weighted by molar-refractivity contribution is 5.39. The second-order valence-electron chi connectivity index (χ2n) is 6.87. The van der Waals surface area contributed by atoms with Crippen molar-refractivity contribution in [2.45, 2.75) is 62.6 Å². The Bertz CT molecular complexity index is 546. The zero-order valence-corrected chi connectivity index (χ0v) is 13.7. The first kappa shape index (κ1) is 16.4. The van der Waals surface area contributed by atoms with Crippen LogP contribution in [0.25, 0.3) is 0 Å². The zero-order valence-electron chi connectivity index (χ0n) is 13.7. The van der Waals surface area contributed by atoms with Crippen LogP contribution in [0.3, 0.4) is 0 Å². The number of hydrogen-bond acceptors (Lipinski definition) is 4. The van der Waals surface area contributed by atoms with Gasteiger partial charge >= 0.3 is 0 Å². The van der Waals surface area contributed by atoms with Gasteiger partial charge in [0.1, 0.15) is 0 Å². The van der Waals surface area contributed by atoms with E-state index in [0.29, 0.717) is 18.1 Å². The molecule has 1 aromatic carbocycles. The van der Waals surface area contributed by atoms with Gasteiger partial charge in [0.25, 0.3) is 0 Å². The Kier molecular flexibility index (Phi) is 5.66. The van der Waals surface area contributed by atoms with E-state index >= 15 is 0 Å². The quantitative estimate of drug-likeness (QED) is 0.896. The van der Waals surface area contributed by atoms with Crippen LogP contribution in [0.1, 0.15) is 55.6 Å². The van der Waals surface area contributed by atoms with E-state index in [1.807, 2.05) is 18.2 Å². The fraction of sp³-hybridized carbons (Fsp3) is 0.632. The Morgan fingerprint density at radius 2 is 1.96 bits per heavy atom. The lowest BCUT2D eigenvalue weighted by molar-refractivity contribution is 0.00618. The van der Waals surface area contributed by atoms with Crippen LogP contribution in [0.4, 0.5) is 0 Å². The largest absolute Gasteiger partial charge is 0.377 e. The van der Waals surface area contributed by atoms with Crippen molar-refractivity contribution in [3.8, 4) is 6.07 Å². The van der Waals surface area contributed by atoms with Crippen molar-refractivity contribution < 1.29 is 4.74 Å². The Balaban J connectivity index is 1.48. The molecule has 2 aliphatic rings. The number of benzene rings is 1. The lowest BCUT2D eigenvalue weighted by Crippen LogP contribution is -2.52. The lowest BCUT2D eigenvalue weighted by atomic mass is 9.81. The van der Waals surface area contributed by atoms with Crippen LogP contribution in [-0.2, 0) is 4.74 Å². The van der Waals surface area contributed by atoms with Gasteiger partial charge in [-0.05, 0) is 62.6 Å². The third kappa shape index (κ3) is 4.11. The Morgan fingerprint density at radius 1 is 1.17 bits per heavy atom. The van der Waals surface area contributed by atoms with Gasteiger partial charge in [-0.25, -0.2) is 0 Å². The smallest absolute Gasteiger partial charge is 0.0994 e. The summed E-state index contributed by atoms with van der Waals surface area (Å²) in [6.45, 7) is 1.78. The topological polar surface area (TPSA) is 71.1 Å². The summed E-state index contributed by atoms with van der Waals surface area (Å²) >= 11 is 0. The van der Waals surface area contributed by atoms with Crippen LogP contribution in [0.5, 0.6) is 0 Å². The summed E-state index contributed by atoms with van der Waals surface area (Å²) in [5.74, 6) is 0.501. The van der Waals surface area contributed by atoms with E-state index in [0.717, 1.165) is 50.8 Å². The third-order valence-electron chi connectivity index (χ3n) is 5.34. The highest BCUT2D eigenvalue weighted by Crippen LogP contribution is 2.35. The molecule has 124 valence electrons. The van der Waals surface area contributed by atoms with E-state index in [9.17, 15) is 5.26 Å². The van der Waals surface area contributed by atoms with Gasteiger partial charge in [0.05, 0.1) is 24.3 Å². The highest BCUT2D eigenvalue weighted by atomic mass is 16.5. The molecule has 0 amide bonds. The average Bonchev–Trinajstić information content (AvgIpc) is 2.61. The maximum Gasteiger partial charge on any atom is 0.0994 e.